The molecule has 2 heteroatoms. The van der Waals surface area contributed by atoms with Crippen LogP contribution in [0.3, 0.4) is 0 Å². The molecule has 0 heterocycles. The molecule has 1 fully saturated rings. The van der Waals surface area contributed by atoms with Crippen molar-refractivity contribution in [2.75, 3.05) is 6.61 Å². The molecule has 0 spiro atoms. The quantitative estimate of drug-likeness (QED) is 0.819. The maximum absolute atomic E-state index is 5.96. The minimum Gasteiger partial charge on any atom is -0.493 e. The Bertz CT molecular complexity index is 369. The summed E-state index contributed by atoms with van der Waals surface area (Å²) in [5.74, 6) is 1.99. The molecule has 1 aromatic rings. The van der Waals surface area contributed by atoms with Crippen molar-refractivity contribution in [2.45, 2.75) is 45.6 Å². The predicted octanol–water partition coefficient (Wildman–Crippen LogP) is 3.06. The second kappa shape index (κ2) is 5.54. The minimum absolute atomic E-state index is 0.183. The monoisotopic (exact) mass is 233 g/mol. The number of ether oxygens (including phenoxy) is 1. The van der Waals surface area contributed by atoms with Crippen LogP contribution >= 0.6 is 0 Å². The fraction of sp³-hybridized carbons (Fsp3) is 0.600. The summed E-state index contributed by atoms with van der Waals surface area (Å²) in [5, 5.41) is 0. The summed E-state index contributed by atoms with van der Waals surface area (Å²) < 4.78 is 5.96. The van der Waals surface area contributed by atoms with Gasteiger partial charge in [-0.15, -0.1) is 0 Å². The number of benzene rings is 1. The molecule has 0 aromatic heterocycles. The van der Waals surface area contributed by atoms with Gasteiger partial charge in [0, 0.05) is 6.04 Å². The van der Waals surface area contributed by atoms with E-state index in [0.717, 1.165) is 24.7 Å². The van der Waals surface area contributed by atoms with Gasteiger partial charge in [0.1, 0.15) is 5.75 Å². The van der Waals surface area contributed by atoms with Gasteiger partial charge in [0.05, 0.1) is 6.61 Å². The van der Waals surface area contributed by atoms with E-state index in [1.807, 2.05) is 6.92 Å². The van der Waals surface area contributed by atoms with Crippen molar-refractivity contribution in [3.05, 3.63) is 29.3 Å². The molecule has 1 unspecified atom stereocenters. The Balaban J connectivity index is 2.00. The van der Waals surface area contributed by atoms with Crippen molar-refractivity contribution >= 4 is 0 Å². The van der Waals surface area contributed by atoms with Gasteiger partial charge in [0.25, 0.3) is 0 Å². The van der Waals surface area contributed by atoms with Crippen molar-refractivity contribution in [1.82, 2.24) is 0 Å². The first kappa shape index (κ1) is 12.4. The number of rotatable bonds is 6. The molecule has 1 saturated carbocycles. The molecule has 94 valence electrons. The number of hydrogen-bond donors (Lipinski definition) is 1. The molecule has 0 amide bonds. The lowest BCUT2D eigenvalue weighted by Crippen LogP contribution is -2.18. The van der Waals surface area contributed by atoms with E-state index in [9.17, 15) is 0 Å². The second-order valence-corrected chi connectivity index (χ2v) is 5.33. The average Bonchev–Trinajstić information content (AvgIpc) is 3.05. The molecule has 0 saturated heterocycles. The van der Waals surface area contributed by atoms with E-state index in [4.69, 9.17) is 10.5 Å². The molecule has 0 bridgehead atoms. The molecule has 1 aromatic carbocycles. The van der Waals surface area contributed by atoms with Gasteiger partial charge >= 0.3 is 0 Å². The molecule has 1 aliphatic carbocycles. The number of hydrogen-bond acceptors (Lipinski definition) is 2. The van der Waals surface area contributed by atoms with E-state index in [2.05, 4.69) is 25.1 Å². The van der Waals surface area contributed by atoms with Crippen molar-refractivity contribution in [3.63, 3.8) is 0 Å². The first-order valence-electron chi connectivity index (χ1n) is 6.63. The molecule has 17 heavy (non-hydrogen) atoms. The van der Waals surface area contributed by atoms with Crippen LogP contribution in [0.15, 0.2) is 18.2 Å². The number of aryl methyl sites for hydroxylation is 1. The Kier molecular flexibility index (Phi) is 4.06. The first-order valence-corrected chi connectivity index (χ1v) is 6.63. The van der Waals surface area contributed by atoms with E-state index in [1.165, 1.54) is 30.4 Å². The highest BCUT2D eigenvalue weighted by atomic mass is 16.5. The topological polar surface area (TPSA) is 35.2 Å². The molecule has 0 radical (unpaired) electrons. The zero-order valence-corrected chi connectivity index (χ0v) is 10.9. The van der Waals surface area contributed by atoms with E-state index in [1.54, 1.807) is 0 Å². The highest BCUT2D eigenvalue weighted by Gasteiger charge is 2.21. The van der Waals surface area contributed by atoms with Crippen molar-refractivity contribution in [3.8, 4) is 5.75 Å². The molecule has 2 N–H and O–H groups in total. The van der Waals surface area contributed by atoms with Crippen LogP contribution in [-0.2, 0) is 6.42 Å². The largest absolute Gasteiger partial charge is 0.493 e. The maximum Gasteiger partial charge on any atom is 0.125 e. The standard InChI is InChI=1S/C15H23NO/c1-11-4-3-5-14(10-12(2)16)15(11)17-9-8-13-6-7-13/h3-5,12-13H,6-10,16H2,1-2H3. The van der Waals surface area contributed by atoms with Crippen molar-refractivity contribution < 1.29 is 4.74 Å². The summed E-state index contributed by atoms with van der Waals surface area (Å²) in [7, 11) is 0. The van der Waals surface area contributed by atoms with Gasteiger partial charge in [-0.1, -0.05) is 31.0 Å². The summed E-state index contributed by atoms with van der Waals surface area (Å²) in [5.41, 5.74) is 8.34. The van der Waals surface area contributed by atoms with Gasteiger partial charge in [-0.25, -0.2) is 0 Å². The van der Waals surface area contributed by atoms with Crippen LogP contribution in [0.1, 0.15) is 37.3 Å². The molecule has 2 nitrogen and oxygen atoms in total. The fourth-order valence-corrected chi connectivity index (χ4v) is 2.16. The predicted molar refractivity (Wildman–Crippen MR) is 71.4 cm³/mol. The lowest BCUT2D eigenvalue weighted by molar-refractivity contribution is 0.297. The fourth-order valence-electron chi connectivity index (χ4n) is 2.16. The van der Waals surface area contributed by atoms with Gasteiger partial charge in [-0.2, -0.15) is 0 Å². The van der Waals surface area contributed by atoms with Gasteiger partial charge in [0.2, 0.25) is 0 Å². The number of para-hydroxylation sites is 1. The van der Waals surface area contributed by atoms with Crippen molar-refractivity contribution in [1.29, 1.82) is 0 Å². The molecular formula is C15H23NO. The van der Waals surface area contributed by atoms with Crippen LogP contribution in [0.2, 0.25) is 0 Å². The van der Waals surface area contributed by atoms with Crippen LogP contribution in [0.4, 0.5) is 0 Å². The highest BCUT2D eigenvalue weighted by molar-refractivity contribution is 5.41. The van der Waals surface area contributed by atoms with E-state index in [-0.39, 0.29) is 6.04 Å². The van der Waals surface area contributed by atoms with Gasteiger partial charge in [-0.3, -0.25) is 0 Å². The van der Waals surface area contributed by atoms with E-state index in [0.29, 0.717) is 0 Å². The van der Waals surface area contributed by atoms with Crippen LogP contribution in [0.5, 0.6) is 5.75 Å². The summed E-state index contributed by atoms with van der Waals surface area (Å²) in [6, 6.07) is 6.50. The van der Waals surface area contributed by atoms with Crippen LogP contribution in [0.25, 0.3) is 0 Å². The van der Waals surface area contributed by atoms with Crippen LogP contribution < -0.4 is 10.5 Å². The smallest absolute Gasteiger partial charge is 0.125 e. The Morgan fingerprint density at radius 1 is 1.41 bits per heavy atom. The Hall–Kier alpha value is -1.02. The SMILES string of the molecule is Cc1cccc(CC(C)N)c1OCCC1CC1. The Morgan fingerprint density at radius 2 is 2.18 bits per heavy atom. The Labute approximate surface area is 104 Å². The second-order valence-electron chi connectivity index (χ2n) is 5.33. The van der Waals surface area contributed by atoms with Crippen LogP contribution in [-0.4, -0.2) is 12.6 Å². The summed E-state index contributed by atoms with van der Waals surface area (Å²) in [4.78, 5) is 0. The third-order valence-electron chi connectivity index (χ3n) is 3.30. The summed E-state index contributed by atoms with van der Waals surface area (Å²) in [6.45, 7) is 4.99. The average molecular weight is 233 g/mol. The lowest BCUT2D eigenvalue weighted by atomic mass is 10.0. The van der Waals surface area contributed by atoms with E-state index < -0.39 is 0 Å². The number of nitrogens with two attached hydrogens (primary N) is 1. The molecule has 2 rings (SSSR count). The zero-order chi connectivity index (χ0) is 12.3. The highest BCUT2D eigenvalue weighted by Crippen LogP contribution is 2.33. The van der Waals surface area contributed by atoms with Gasteiger partial charge in [-0.05, 0) is 43.7 Å². The maximum atomic E-state index is 5.96. The van der Waals surface area contributed by atoms with Gasteiger partial charge in [0.15, 0.2) is 0 Å². The van der Waals surface area contributed by atoms with Crippen LogP contribution in [0, 0.1) is 12.8 Å². The molecule has 1 atom stereocenters. The first-order chi connectivity index (χ1) is 8.16. The minimum atomic E-state index is 0.183. The van der Waals surface area contributed by atoms with E-state index >= 15 is 0 Å². The zero-order valence-electron chi connectivity index (χ0n) is 10.9. The normalized spacial score (nSPS) is 16.9. The summed E-state index contributed by atoms with van der Waals surface area (Å²) >= 11 is 0. The third kappa shape index (κ3) is 3.74. The molecule has 0 aliphatic heterocycles. The van der Waals surface area contributed by atoms with Crippen molar-refractivity contribution in [2.24, 2.45) is 11.7 Å². The third-order valence-corrected chi connectivity index (χ3v) is 3.30. The Morgan fingerprint density at radius 3 is 2.82 bits per heavy atom. The van der Waals surface area contributed by atoms with Gasteiger partial charge < -0.3 is 10.5 Å². The summed E-state index contributed by atoms with van der Waals surface area (Å²) in [6.07, 6.45) is 4.88. The molecular weight excluding hydrogens is 210 g/mol. The molecule has 1 aliphatic rings. The lowest BCUT2D eigenvalue weighted by Gasteiger charge is -2.15.